The number of fused-ring (bicyclic) bond motifs is 1. The molecule has 3 heterocycles. The Morgan fingerprint density at radius 3 is 2.58 bits per heavy atom. The van der Waals surface area contributed by atoms with Crippen molar-refractivity contribution in [2.45, 2.75) is 37.2 Å². The third kappa shape index (κ3) is 2.70. The molecule has 24 heavy (non-hydrogen) atoms. The van der Waals surface area contributed by atoms with Gasteiger partial charge in [0.2, 0.25) is 0 Å². The molecule has 6 N–H and O–H groups in total. The van der Waals surface area contributed by atoms with Gasteiger partial charge in [-0.15, -0.1) is 0 Å². The van der Waals surface area contributed by atoms with E-state index in [2.05, 4.69) is 9.97 Å². The number of nitrogens with one attached hydrogen (secondary N) is 1. The summed E-state index contributed by atoms with van der Waals surface area (Å²) in [6.07, 6.45) is -2.84. The number of hydrogen-bond donors (Lipinski definition) is 6. The van der Waals surface area contributed by atoms with Gasteiger partial charge in [-0.25, -0.2) is 9.97 Å². The van der Waals surface area contributed by atoms with Crippen molar-refractivity contribution >= 4 is 11.2 Å². The van der Waals surface area contributed by atoms with Crippen LogP contribution in [0.3, 0.4) is 0 Å². The Bertz CT molecular complexity index is 776. The fraction of sp³-hybridized carbons (Fsp3) is 0.615. The van der Waals surface area contributed by atoms with Crippen molar-refractivity contribution in [3.63, 3.8) is 0 Å². The predicted molar refractivity (Wildman–Crippen MR) is 77.5 cm³/mol. The highest BCUT2D eigenvalue weighted by Gasteiger charge is 2.43. The van der Waals surface area contributed by atoms with E-state index in [0.717, 1.165) is 0 Å². The SMILES string of the molecule is N=c1c2ncn([C@H]3O[C@H](CO)[C@@H](O)[C@H]3O)c2ncn1CC(O)CO. The molecule has 11 heteroatoms. The van der Waals surface area contributed by atoms with Crippen LogP contribution in [0.5, 0.6) is 0 Å². The Kier molecular flexibility index (Phi) is 4.62. The van der Waals surface area contributed by atoms with E-state index >= 15 is 0 Å². The van der Waals surface area contributed by atoms with E-state index in [1.807, 2.05) is 0 Å². The average Bonchev–Trinajstić information content (AvgIpc) is 3.12. The summed E-state index contributed by atoms with van der Waals surface area (Å²) in [5.74, 6) is 0. The van der Waals surface area contributed by atoms with Crippen molar-refractivity contribution in [3.05, 3.63) is 18.1 Å². The van der Waals surface area contributed by atoms with E-state index in [-0.39, 0.29) is 23.2 Å². The standard InChI is InChI=1S/C13H19N5O6/c14-11-8-12(16-4-17(11)1-6(21)2-19)18(5-15-8)13-10(23)9(22)7(3-20)24-13/h4-7,9-10,13-14,19-23H,1-3H2/t6?,7-,9-,10-,13+/m1/s1. The first-order valence-electron chi connectivity index (χ1n) is 7.35. The molecule has 2 aromatic heterocycles. The summed E-state index contributed by atoms with van der Waals surface area (Å²) < 4.78 is 8.14. The number of ether oxygens (including phenoxy) is 1. The number of aromatic nitrogens is 4. The summed E-state index contributed by atoms with van der Waals surface area (Å²) in [6, 6.07) is 0. The molecule has 2 aromatic rings. The zero-order valence-electron chi connectivity index (χ0n) is 12.6. The molecule has 11 nitrogen and oxygen atoms in total. The molecular formula is C13H19N5O6. The number of aliphatic hydroxyl groups excluding tert-OH is 5. The van der Waals surface area contributed by atoms with E-state index in [4.69, 9.17) is 20.4 Å². The lowest BCUT2D eigenvalue weighted by atomic mass is 10.1. The Labute approximate surface area is 135 Å². The van der Waals surface area contributed by atoms with Crippen LogP contribution in [0, 0.1) is 5.41 Å². The topological polar surface area (TPSA) is 170 Å². The Morgan fingerprint density at radius 2 is 1.96 bits per heavy atom. The van der Waals surface area contributed by atoms with Gasteiger partial charge in [-0.2, -0.15) is 0 Å². The van der Waals surface area contributed by atoms with Crippen LogP contribution in [0.2, 0.25) is 0 Å². The molecular weight excluding hydrogens is 322 g/mol. The van der Waals surface area contributed by atoms with E-state index < -0.39 is 43.9 Å². The molecule has 1 fully saturated rings. The number of hydrogen-bond acceptors (Lipinski definition) is 9. The monoisotopic (exact) mass is 341 g/mol. The second-order valence-corrected chi connectivity index (χ2v) is 5.63. The van der Waals surface area contributed by atoms with Crippen LogP contribution in [0.4, 0.5) is 0 Å². The molecule has 0 aliphatic carbocycles. The number of nitrogens with zero attached hydrogens (tertiary/aromatic N) is 4. The van der Waals surface area contributed by atoms with Crippen molar-refractivity contribution in [1.29, 1.82) is 5.41 Å². The Hall–Kier alpha value is -1.89. The van der Waals surface area contributed by atoms with Gasteiger partial charge in [0, 0.05) is 0 Å². The average molecular weight is 341 g/mol. The normalized spacial score (nSPS) is 28.5. The lowest BCUT2D eigenvalue weighted by molar-refractivity contribution is -0.0511. The minimum absolute atomic E-state index is 0.0149. The molecule has 5 atom stereocenters. The maximum atomic E-state index is 10.1. The Balaban J connectivity index is 1.97. The molecule has 1 unspecified atom stereocenters. The summed E-state index contributed by atoms with van der Waals surface area (Å²) in [4.78, 5) is 8.24. The van der Waals surface area contributed by atoms with Crippen LogP contribution >= 0.6 is 0 Å². The molecule has 1 aliphatic heterocycles. The molecule has 0 amide bonds. The minimum atomic E-state index is -1.28. The van der Waals surface area contributed by atoms with Crippen LogP contribution < -0.4 is 5.49 Å². The third-order valence-corrected chi connectivity index (χ3v) is 4.01. The predicted octanol–water partition coefficient (Wildman–Crippen LogP) is -3.32. The molecule has 132 valence electrons. The van der Waals surface area contributed by atoms with Gasteiger partial charge in [-0.05, 0) is 0 Å². The maximum Gasteiger partial charge on any atom is 0.167 e. The van der Waals surface area contributed by atoms with E-state index in [9.17, 15) is 15.3 Å². The largest absolute Gasteiger partial charge is 0.394 e. The molecule has 3 rings (SSSR count). The zero-order chi connectivity index (χ0) is 17.4. The maximum absolute atomic E-state index is 10.1. The van der Waals surface area contributed by atoms with Gasteiger partial charge in [-0.1, -0.05) is 0 Å². The molecule has 1 aliphatic rings. The molecule has 0 saturated carbocycles. The first kappa shape index (κ1) is 17.0. The Morgan fingerprint density at radius 1 is 1.21 bits per heavy atom. The quantitative estimate of drug-likeness (QED) is 0.328. The molecule has 0 bridgehead atoms. The van der Waals surface area contributed by atoms with Crippen molar-refractivity contribution in [3.8, 4) is 0 Å². The molecule has 0 radical (unpaired) electrons. The highest BCUT2D eigenvalue weighted by molar-refractivity contribution is 5.68. The lowest BCUT2D eigenvalue weighted by Gasteiger charge is -2.17. The summed E-state index contributed by atoms with van der Waals surface area (Å²) >= 11 is 0. The van der Waals surface area contributed by atoms with Gasteiger partial charge in [0.05, 0.1) is 38.5 Å². The van der Waals surface area contributed by atoms with Gasteiger partial charge >= 0.3 is 0 Å². The molecule has 0 spiro atoms. The molecule has 0 aromatic carbocycles. The van der Waals surface area contributed by atoms with E-state index in [1.54, 1.807) is 0 Å². The van der Waals surface area contributed by atoms with Crippen LogP contribution in [0.15, 0.2) is 12.7 Å². The molecule has 1 saturated heterocycles. The second kappa shape index (κ2) is 6.55. The summed E-state index contributed by atoms with van der Waals surface area (Å²) in [5, 5.41) is 55.6. The van der Waals surface area contributed by atoms with Gasteiger partial charge in [0.1, 0.15) is 23.8 Å². The van der Waals surface area contributed by atoms with Gasteiger partial charge in [0.15, 0.2) is 17.4 Å². The first-order valence-corrected chi connectivity index (χ1v) is 7.35. The fourth-order valence-electron chi connectivity index (χ4n) is 2.69. The van der Waals surface area contributed by atoms with Crippen LogP contribution in [-0.4, -0.2) is 82.3 Å². The highest BCUT2D eigenvalue weighted by atomic mass is 16.6. The van der Waals surface area contributed by atoms with Crippen LogP contribution in [0.1, 0.15) is 6.23 Å². The smallest absolute Gasteiger partial charge is 0.167 e. The summed E-state index contributed by atoms with van der Waals surface area (Å²) in [7, 11) is 0. The minimum Gasteiger partial charge on any atom is -0.394 e. The van der Waals surface area contributed by atoms with Gasteiger partial charge < -0.3 is 34.8 Å². The van der Waals surface area contributed by atoms with Gasteiger partial charge in [-0.3, -0.25) is 9.98 Å². The van der Waals surface area contributed by atoms with Crippen LogP contribution in [-0.2, 0) is 11.3 Å². The number of aliphatic hydroxyl groups is 5. The highest BCUT2D eigenvalue weighted by Crippen LogP contribution is 2.30. The van der Waals surface area contributed by atoms with Gasteiger partial charge in [0.25, 0.3) is 0 Å². The summed E-state index contributed by atoms with van der Waals surface area (Å²) in [5.41, 5.74) is 0.433. The van der Waals surface area contributed by atoms with E-state index in [1.165, 1.54) is 21.8 Å². The zero-order valence-corrected chi connectivity index (χ0v) is 12.6. The van der Waals surface area contributed by atoms with Crippen molar-refractivity contribution in [2.24, 2.45) is 0 Å². The number of rotatable bonds is 5. The van der Waals surface area contributed by atoms with Crippen molar-refractivity contribution in [1.82, 2.24) is 19.1 Å². The first-order chi connectivity index (χ1) is 11.5. The fourth-order valence-corrected chi connectivity index (χ4v) is 2.69. The van der Waals surface area contributed by atoms with Crippen molar-refractivity contribution < 1.29 is 30.3 Å². The second-order valence-electron chi connectivity index (χ2n) is 5.63. The van der Waals surface area contributed by atoms with E-state index in [0.29, 0.717) is 0 Å². The van der Waals surface area contributed by atoms with Crippen LogP contribution in [0.25, 0.3) is 11.2 Å². The lowest BCUT2D eigenvalue weighted by Crippen LogP contribution is -2.33. The van der Waals surface area contributed by atoms with Crippen molar-refractivity contribution in [2.75, 3.05) is 13.2 Å². The third-order valence-electron chi connectivity index (χ3n) is 4.01. The summed E-state index contributed by atoms with van der Waals surface area (Å²) in [6.45, 7) is -0.905. The number of imidazole rings is 1.